The van der Waals surface area contributed by atoms with Gasteiger partial charge in [0.1, 0.15) is 5.75 Å². The number of aryl methyl sites for hydroxylation is 1. The third-order valence-electron chi connectivity index (χ3n) is 3.81. The summed E-state index contributed by atoms with van der Waals surface area (Å²) in [5.74, 6) is -0.129. The monoisotopic (exact) mass is 258 g/mol. The van der Waals surface area contributed by atoms with Crippen molar-refractivity contribution in [2.24, 2.45) is 5.41 Å². The lowest BCUT2D eigenvalue weighted by Gasteiger charge is -2.35. The summed E-state index contributed by atoms with van der Waals surface area (Å²) in [5.41, 5.74) is 0.933. The van der Waals surface area contributed by atoms with E-state index in [-0.39, 0.29) is 17.1 Å². The highest BCUT2D eigenvalue weighted by molar-refractivity contribution is 5.97. The van der Waals surface area contributed by atoms with Crippen LogP contribution in [-0.4, -0.2) is 29.0 Å². The molecule has 1 amide bonds. The standard InChI is InChI=1S/C15H18N2O2/c1-11-3-4-12(13(18)9-11)14(19)17-7-5-15(2,10-16)6-8-17/h3-4,9,18H,5-8H2,1-2H3. The second-order valence-corrected chi connectivity index (χ2v) is 5.49. The molecule has 0 saturated carbocycles. The van der Waals surface area contributed by atoms with Crippen molar-refractivity contribution in [2.45, 2.75) is 26.7 Å². The molecule has 0 radical (unpaired) electrons. The smallest absolute Gasteiger partial charge is 0.257 e. The summed E-state index contributed by atoms with van der Waals surface area (Å²) in [5, 5.41) is 18.9. The van der Waals surface area contributed by atoms with E-state index in [1.165, 1.54) is 0 Å². The molecule has 1 aliphatic rings. The number of carbonyl (C=O) groups excluding carboxylic acids is 1. The van der Waals surface area contributed by atoms with Crippen molar-refractivity contribution in [3.63, 3.8) is 0 Å². The summed E-state index contributed by atoms with van der Waals surface area (Å²) < 4.78 is 0. The normalized spacial score (nSPS) is 17.8. The van der Waals surface area contributed by atoms with Crippen molar-refractivity contribution in [1.29, 1.82) is 5.26 Å². The lowest BCUT2D eigenvalue weighted by Crippen LogP contribution is -2.41. The number of rotatable bonds is 1. The molecule has 4 nitrogen and oxygen atoms in total. The molecule has 0 aromatic heterocycles. The van der Waals surface area contributed by atoms with E-state index in [0.717, 1.165) is 5.56 Å². The number of carbonyl (C=O) groups is 1. The van der Waals surface area contributed by atoms with Gasteiger partial charge in [-0.05, 0) is 44.4 Å². The predicted molar refractivity (Wildman–Crippen MR) is 71.7 cm³/mol. The predicted octanol–water partition coefficient (Wildman–Crippen LogP) is 2.47. The van der Waals surface area contributed by atoms with Gasteiger partial charge in [-0.3, -0.25) is 4.79 Å². The molecule has 0 bridgehead atoms. The Bertz CT molecular complexity index is 538. The molecule has 0 aliphatic carbocycles. The Labute approximate surface area is 113 Å². The average Bonchev–Trinajstić information content (AvgIpc) is 2.39. The van der Waals surface area contributed by atoms with Crippen molar-refractivity contribution in [2.75, 3.05) is 13.1 Å². The topological polar surface area (TPSA) is 64.3 Å². The zero-order valence-corrected chi connectivity index (χ0v) is 11.3. The van der Waals surface area contributed by atoms with Crippen LogP contribution in [0, 0.1) is 23.7 Å². The van der Waals surface area contributed by atoms with E-state index in [9.17, 15) is 9.90 Å². The minimum Gasteiger partial charge on any atom is -0.507 e. The molecule has 1 fully saturated rings. The Morgan fingerprint density at radius 2 is 2.05 bits per heavy atom. The molecule has 1 saturated heterocycles. The number of phenols is 1. The van der Waals surface area contributed by atoms with E-state index >= 15 is 0 Å². The minimum absolute atomic E-state index is 0.0265. The lowest BCUT2D eigenvalue weighted by atomic mass is 9.82. The number of likely N-dealkylation sites (tertiary alicyclic amines) is 1. The van der Waals surface area contributed by atoms with Crippen LogP contribution >= 0.6 is 0 Å². The Morgan fingerprint density at radius 3 is 2.58 bits per heavy atom. The molecule has 1 heterocycles. The highest BCUT2D eigenvalue weighted by atomic mass is 16.3. The summed E-state index contributed by atoms with van der Waals surface area (Å²) >= 11 is 0. The van der Waals surface area contributed by atoms with E-state index in [2.05, 4.69) is 6.07 Å². The molecular formula is C15H18N2O2. The molecule has 1 N–H and O–H groups in total. The summed E-state index contributed by atoms with van der Waals surface area (Å²) in [6.07, 6.45) is 1.36. The number of nitrogens with zero attached hydrogens (tertiary/aromatic N) is 2. The number of amides is 1. The molecule has 19 heavy (non-hydrogen) atoms. The maximum absolute atomic E-state index is 12.3. The molecule has 2 rings (SSSR count). The maximum Gasteiger partial charge on any atom is 0.257 e. The molecular weight excluding hydrogens is 240 g/mol. The molecule has 4 heteroatoms. The van der Waals surface area contributed by atoms with Crippen LogP contribution < -0.4 is 0 Å². The second-order valence-electron chi connectivity index (χ2n) is 5.49. The summed E-state index contributed by atoms with van der Waals surface area (Å²) in [4.78, 5) is 14.0. The van der Waals surface area contributed by atoms with Crippen molar-refractivity contribution >= 4 is 5.91 Å². The minimum atomic E-state index is -0.327. The van der Waals surface area contributed by atoms with Crippen molar-refractivity contribution < 1.29 is 9.90 Å². The highest BCUT2D eigenvalue weighted by Crippen LogP contribution is 2.31. The number of hydrogen-bond acceptors (Lipinski definition) is 3. The summed E-state index contributed by atoms with van der Waals surface area (Å²) in [6, 6.07) is 7.38. The van der Waals surface area contributed by atoms with Gasteiger partial charge in [-0.1, -0.05) is 6.07 Å². The van der Waals surface area contributed by atoms with Gasteiger partial charge in [0.25, 0.3) is 5.91 Å². The van der Waals surface area contributed by atoms with Crippen molar-refractivity contribution in [3.05, 3.63) is 29.3 Å². The zero-order chi connectivity index (χ0) is 14.0. The molecule has 0 unspecified atom stereocenters. The Kier molecular flexibility index (Phi) is 3.48. The third-order valence-corrected chi connectivity index (χ3v) is 3.81. The Hall–Kier alpha value is -2.02. The van der Waals surface area contributed by atoms with Gasteiger partial charge < -0.3 is 10.0 Å². The SMILES string of the molecule is Cc1ccc(C(=O)N2CCC(C)(C#N)CC2)c(O)c1. The first-order chi connectivity index (χ1) is 8.95. The van der Waals surface area contributed by atoms with Crippen LogP contribution in [0.5, 0.6) is 5.75 Å². The number of hydrogen-bond donors (Lipinski definition) is 1. The van der Waals surface area contributed by atoms with Crippen molar-refractivity contribution in [3.8, 4) is 11.8 Å². The average molecular weight is 258 g/mol. The largest absolute Gasteiger partial charge is 0.507 e. The Morgan fingerprint density at radius 1 is 1.42 bits per heavy atom. The van der Waals surface area contributed by atoms with Gasteiger partial charge >= 0.3 is 0 Å². The van der Waals surface area contributed by atoms with Gasteiger partial charge in [-0.2, -0.15) is 5.26 Å². The quantitative estimate of drug-likeness (QED) is 0.841. The number of aromatic hydroxyl groups is 1. The van der Waals surface area contributed by atoms with Crippen LogP contribution in [-0.2, 0) is 0 Å². The highest BCUT2D eigenvalue weighted by Gasteiger charge is 2.32. The van der Waals surface area contributed by atoms with Crippen LogP contribution in [0.25, 0.3) is 0 Å². The van der Waals surface area contributed by atoms with E-state index < -0.39 is 0 Å². The number of benzene rings is 1. The molecule has 0 spiro atoms. The number of nitriles is 1. The Balaban J connectivity index is 2.12. The van der Waals surface area contributed by atoms with Gasteiger partial charge in [0.15, 0.2) is 0 Å². The maximum atomic E-state index is 12.3. The van der Waals surface area contributed by atoms with Gasteiger partial charge in [0.2, 0.25) is 0 Å². The van der Waals surface area contributed by atoms with Gasteiger partial charge in [-0.15, -0.1) is 0 Å². The first-order valence-corrected chi connectivity index (χ1v) is 6.45. The summed E-state index contributed by atoms with van der Waals surface area (Å²) in [7, 11) is 0. The molecule has 1 aliphatic heterocycles. The summed E-state index contributed by atoms with van der Waals surface area (Å²) in [6.45, 7) is 4.93. The van der Waals surface area contributed by atoms with Crippen LogP contribution in [0.2, 0.25) is 0 Å². The van der Waals surface area contributed by atoms with E-state index in [1.807, 2.05) is 19.9 Å². The molecule has 0 atom stereocenters. The number of phenolic OH excluding ortho intramolecular Hbond substituents is 1. The third kappa shape index (κ3) is 2.70. The molecule has 1 aromatic carbocycles. The van der Waals surface area contributed by atoms with Crippen molar-refractivity contribution in [1.82, 2.24) is 4.90 Å². The van der Waals surface area contributed by atoms with Crippen LogP contribution in [0.15, 0.2) is 18.2 Å². The lowest BCUT2D eigenvalue weighted by molar-refractivity contribution is 0.0659. The van der Waals surface area contributed by atoms with Crippen LogP contribution in [0.3, 0.4) is 0 Å². The van der Waals surface area contributed by atoms with Gasteiger partial charge in [-0.25, -0.2) is 0 Å². The number of piperidine rings is 1. The van der Waals surface area contributed by atoms with Gasteiger partial charge in [0, 0.05) is 13.1 Å². The fourth-order valence-electron chi connectivity index (χ4n) is 2.31. The van der Waals surface area contributed by atoms with E-state index in [4.69, 9.17) is 5.26 Å². The van der Waals surface area contributed by atoms with Crippen LogP contribution in [0.1, 0.15) is 35.7 Å². The molecule has 1 aromatic rings. The molecule has 100 valence electrons. The first kappa shape index (κ1) is 13.4. The fourth-order valence-corrected chi connectivity index (χ4v) is 2.31. The van der Waals surface area contributed by atoms with E-state index in [1.54, 1.807) is 17.0 Å². The van der Waals surface area contributed by atoms with E-state index in [0.29, 0.717) is 31.5 Å². The zero-order valence-electron chi connectivity index (χ0n) is 11.3. The first-order valence-electron chi connectivity index (χ1n) is 6.45. The second kappa shape index (κ2) is 4.93. The van der Waals surface area contributed by atoms with Crippen LogP contribution in [0.4, 0.5) is 0 Å². The fraction of sp³-hybridized carbons (Fsp3) is 0.467. The van der Waals surface area contributed by atoms with Gasteiger partial charge in [0.05, 0.1) is 17.0 Å².